The molecule has 1 N–H and O–H groups in total. The monoisotopic (exact) mass is 266 g/mol. The summed E-state index contributed by atoms with van der Waals surface area (Å²) in [5.74, 6) is 0.166. The number of ether oxygens (including phenoxy) is 1. The van der Waals surface area contributed by atoms with E-state index in [0.717, 1.165) is 0 Å². The summed E-state index contributed by atoms with van der Waals surface area (Å²) in [6, 6.07) is 3.27. The van der Waals surface area contributed by atoms with Gasteiger partial charge in [0.2, 0.25) is 5.91 Å². The first-order valence-electron chi connectivity index (χ1n) is 6.44. The second-order valence-corrected chi connectivity index (χ2v) is 4.33. The van der Waals surface area contributed by atoms with Gasteiger partial charge in [0, 0.05) is 26.1 Å². The second kappa shape index (κ2) is 6.94. The van der Waals surface area contributed by atoms with Gasteiger partial charge in [-0.3, -0.25) is 9.59 Å². The maximum atomic E-state index is 11.8. The van der Waals surface area contributed by atoms with E-state index in [-0.39, 0.29) is 11.8 Å². The third kappa shape index (κ3) is 4.10. The van der Waals surface area contributed by atoms with Crippen molar-refractivity contribution in [2.24, 2.45) is 0 Å². The standard InChI is InChI=1S/C13H18N2O4/c16-12(15-6-9-18-10-7-15)4-1-5-14-13(17)11-3-2-8-19-11/h2-3,8H,1,4-7,9-10H2,(H,14,17). The Morgan fingerprint density at radius 1 is 1.32 bits per heavy atom. The highest BCUT2D eigenvalue weighted by molar-refractivity contribution is 5.91. The summed E-state index contributed by atoms with van der Waals surface area (Å²) < 4.78 is 10.2. The van der Waals surface area contributed by atoms with Crippen LogP contribution in [-0.2, 0) is 9.53 Å². The highest BCUT2D eigenvalue weighted by Crippen LogP contribution is 2.03. The summed E-state index contributed by atoms with van der Waals surface area (Å²) in [4.78, 5) is 25.1. The second-order valence-electron chi connectivity index (χ2n) is 4.33. The van der Waals surface area contributed by atoms with E-state index in [0.29, 0.717) is 51.4 Å². The minimum Gasteiger partial charge on any atom is -0.459 e. The van der Waals surface area contributed by atoms with Gasteiger partial charge in [-0.25, -0.2) is 0 Å². The molecular formula is C13H18N2O4. The highest BCUT2D eigenvalue weighted by Gasteiger charge is 2.16. The Bertz CT molecular complexity index is 410. The van der Waals surface area contributed by atoms with Crippen LogP contribution in [0.5, 0.6) is 0 Å². The van der Waals surface area contributed by atoms with Gasteiger partial charge in [0.15, 0.2) is 5.76 Å². The number of furan rings is 1. The molecule has 0 atom stereocenters. The maximum absolute atomic E-state index is 11.8. The van der Waals surface area contributed by atoms with Gasteiger partial charge in [0.05, 0.1) is 19.5 Å². The zero-order valence-electron chi connectivity index (χ0n) is 10.8. The molecule has 104 valence electrons. The van der Waals surface area contributed by atoms with Gasteiger partial charge in [-0.2, -0.15) is 0 Å². The van der Waals surface area contributed by atoms with Crippen LogP contribution in [0.15, 0.2) is 22.8 Å². The van der Waals surface area contributed by atoms with Crippen molar-refractivity contribution in [1.29, 1.82) is 0 Å². The molecule has 1 fully saturated rings. The number of nitrogens with one attached hydrogen (secondary N) is 1. The smallest absolute Gasteiger partial charge is 0.286 e. The van der Waals surface area contributed by atoms with Crippen LogP contribution in [0.3, 0.4) is 0 Å². The fourth-order valence-corrected chi connectivity index (χ4v) is 1.91. The first-order chi connectivity index (χ1) is 9.27. The first kappa shape index (κ1) is 13.6. The lowest BCUT2D eigenvalue weighted by Gasteiger charge is -2.26. The molecule has 0 aromatic carbocycles. The number of hydrogen-bond donors (Lipinski definition) is 1. The van der Waals surface area contributed by atoms with E-state index < -0.39 is 0 Å². The number of nitrogens with zero attached hydrogens (tertiary/aromatic N) is 1. The molecule has 6 nitrogen and oxygen atoms in total. The van der Waals surface area contributed by atoms with Crippen molar-refractivity contribution in [2.45, 2.75) is 12.8 Å². The SMILES string of the molecule is O=C(NCCCC(=O)N1CCOCC1)c1ccco1. The predicted octanol–water partition coefficient (Wildman–Crippen LogP) is 0.648. The molecule has 0 bridgehead atoms. The number of rotatable bonds is 5. The first-order valence-corrected chi connectivity index (χ1v) is 6.44. The van der Waals surface area contributed by atoms with Crippen molar-refractivity contribution in [3.63, 3.8) is 0 Å². The molecule has 0 saturated carbocycles. The van der Waals surface area contributed by atoms with E-state index in [1.54, 1.807) is 17.0 Å². The molecule has 1 aliphatic heterocycles. The molecule has 2 amide bonds. The average Bonchev–Trinajstić information content (AvgIpc) is 2.98. The Kier molecular flexibility index (Phi) is 4.97. The minimum atomic E-state index is -0.246. The normalized spacial score (nSPS) is 15.3. The van der Waals surface area contributed by atoms with Crippen LogP contribution < -0.4 is 5.32 Å². The molecule has 1 aromatic heterocycles. The molecule has 1 aliphatic rings. The molecule has 6 heteroatoms. The zero-order chi connectivity index (χ0) is 13.5. The molecule has 0 unspecified atom stereocenters. The molecule has 0 aliphatic carbocycles. The van der Waals surface area contributed by atoms with Gasteiger partial charge >= 0.3 is 0 Å². The molecule has 2 heterocycles. The van der Waals surface area contributed by atoms with E-state index >= 15 is 0 Å². The van der Waals surface area contributed by atoms with Crippen molar-refractivity contribution in [1.82, 2.24) is 10.2 Å². The van der Waals surface area contributed by atoms with Crippen LogP contribution in [0.25, 0.3) is 0 Å². The Hall–Kier alpha value is -1.82. The van der Waals surface area contributed by atoms with Crippen molar-refractivity contribution in [2.75, 3.05) is 32.8 Å². The van der Waals surface area contributed by atoms with Crippen molar-refractivity contribution < 1.29 is 18.7 Å². The summed E-state index contributed by atoms with van der Waals surface area (Å²) in [5, 5.41) is 2.72. The Balaban J connectivity index is 1.61. The fourth-order valence-electron chi connectivity index (χ4n) is 1.91. The van der Waals surface area contributed by atoms with Crippen LogP contribution >= 0.6 is 0 Å². The highest BCUT2D eigenvalue weighted by atomic mass is 16.5. The lowest BCUT2D eigenvalue weighted by molar-refractivity contribution is -0.135. The minimum absolute atomic E-state index is 0.121. The maximum Gasteiger partial charge on any atom is 0.286 e. The molecule has 1 saturated heterocycles. The summed E-state index contributed by atoms with van der Waals surface area (Å²) >= 11 is 0. The summed E-state index contributed by atoms with van der Waals surface area (Å²) in [7, 11) is 0. The zero-order valence-corrected chi connectivity index (χ0v) is 10.8. The topological polar surface area (TPSA) is 71.8 Å². The number of amides is 2. The fraction of sp³-hybridized carbons (Fsp3) is 0.538. The molecule has 0 spiro atoms. The number of carbonyl (C=O) groups excluding carboxylic acids is 2. The average molecular weight is 266 g/mol. The lowest BCUT2D eigenvalue weighted by atomic mass is 10.2. The van der Waals surface area contributed by atoms with Gasteiger partial charge in [0.1, 0.15) is 0 Å². The van der Waals surface area contributed by atoms with E-state index in [4.69, 9.17) is 9.15 Å². The largest absolute Gasteiger partial charge is 0.459 e. The van der Waals surface area contributed by atoms with Crippen LogP contribution in [0, 0.1) is 0 Å². The van der Waals surface area contributed by atoms with Gasteiger partial charge in [-0.1, -0.05) is 0 Å². The summed E-state index contributed by atoms with van der Waals surface area (Å²) in [6.07, 6.45) is 2.53. The third-order valence-corrected chi connectivity index (χ3v) is 2.96. The van der Waals surface area contributed by atoms with Gasteiger partial charge < -0.3 is 19.4 Å². The molecule has 0 radical (unpaired) electrons. The van der Waals surface area contributed by atoms with Crippen LogP contribution in [0.2, 0.25) is 0 Å². The predicted molar refractivity (Wildman–Crippen MR) is 67.7 cm³/mol. The molecular weight excluding hydrogens is 248 g/mol. The summed E-state index contributed by atoms with van der Waals surface area (Å²) in [6.45, 7) is 3.02. The van der Waals surface area contributed by atoms with Gasteiger partial charge in [-0.15, -0.1) is 0 Å². The van der Waals surface area contributed by atoms with Crippen LogP contribution in [-0.4, -0.2) is 49.6 Å². The number of carbonyl (C=O) groups is 2. The van der Waals surface area contributed by atoms with Crippen molar-refractivity contribution >= 4 is 11.8 Å². The third-order valence-electron chi connectivity index (χ3n) is 2.96. The van der Waals surface area contributed by atoms with E-state index in [9.17, 15) is 9.59 Å². The molecule has 2 rings (SSSR count). The Morgan fingerprint density at radius 3 is 2.79 bits per heavy atom. The van der Waals surface area contributed by atoms with Crippen LogP contribution in [0.4, 0.5) is 0 Å². The Morgan fingerprint density at radius 2 is 2.11 bits per heavy atom. The van der Waals surface area contributed by atoms with Gasteiger partial charge in [-0.05, 0) is 18.6 Å². The molecule has 19 heavy (non-hydrogen) atoms. The quantitative estimate of drug-likeness (QED) is 0.794. The Labute approximate surface area is 111 Å². The van der Waals surface area contributed by atoms with Crippen molar-refractivity contribution in [3.05, 3.63) is 24.2 Å². The van der Waals surface area contributed by atoms with E-state index in [1.807, 2.05) is 0 Å². The summed E-state index contributed by atoms with van der Waals surface area (Å²) in [5.41, 5.74) is 0. The van der Waals surface area contributed by atoms with Crippen LogP contribution in [0.1, 0.15) is 23.4 Å². The number of hydrogen-bond acceptors (Lipinski definition) is 4. The number of morpholine rings is 1. The van der Waals surface area contributed by atoms with Crippen molar-refractivity contribution in [3.8, 4) is 0 Å². The lowest BCUT2D eigenvalue weighted by Crippen LogP contribution is -2.40. The van der Waals surface area contributed by atoms with E-state index in [2.05, 4.69) is 5.32 Å². The van der Waals surface area contributed by atoms with E-state index in [1.165, 1.54) is 6.26 Å². The van der Waals surface area contributed by atoms with Gasteiger partial charge in [0.25, 0.3) is 5.91 Å². The molecule has 1 aromatic rings.